The third-order valence-electron chi connectivity index (χ3n) is 5.31. The summed E-state index contributed by atoms with van der Waals surface area (Å²) in [6.07, 6.45) is 0. The van der Waals surface area contributed by atoms with E-state index in [4.69, 9.17) is 0 Å². The predicted molar refractivity (Wildman–Crippen MR) is 132 cm³/mol. The molecule has 0 atom stereocenters. The Kier molecular flexibility index (Phi) is 6.37. The van der Waals surface area contributed by atoms with Crippen LogP contribution in [0.25, 0.3) is 11.3 Å². The fourth-order valence-electron chi connectivity index (χ4n) is 3.64. The van der Waals surface area contributed by atoms with Gasteiger partial charge in [-0.2, -0.15) is 0 Å². The lowest BCUT2D eigenvalue weighted by molar-refractivity contribution is -0.384. The number of carbonyl (C=O) groups excluding carboxylic acids is 1. The van der Waals surface area contributed by atoms with E-state index in [1.165, 1.54) is 12.1 Å². The van der Waals surface area contributed by atoms with Crippen molar-refractivity contribution in [3.05, 3.63) is 94.0 Å². The number of carbonyl (C=O) groups is 1. The zero-order valence-electron chi connectivity index (χ0n) is 18.5. The van der Waals surface area contributed by atoms with E-state index in [1.54, 1.807) is 6.07 Å². The minimum Gasteiger partial charge on any atom is -0.384 e. The number of hydrogen-bond acceptors (Lipinski definition) is 6. The molecule has 0 spiro atoms. The molecule has 1 heterocycles. The van der Waals surface area contributed by atoms with E-state index in [-0.39, 0.29) is 11.6 Å². The van der Waals surface area contributed by atoms with E-state index in [2.05, 4.69) is 20.9 Å². The van der Waals surface area contributed by atoms with Crippen molar-refractivity contribution in [1.82, 2.24) is 4.90 Å². The van der Waals surface area contributed by atoms with Crippen molar-refractivity contribution in [2.45, 2.75) is 0 Å². The van der Waals surface area contributed by atoms with Gasteiger partial charge in [0.1, 0.15) is 0 Å². The number of fused-ring (bicyclic) bond motifs is 1. The average Bonchev–Trinajstić information content (AvgIpc) is 3.13. The molecule has 4 rings (SSSR count). The lowest BCUT2D eigenvalue weighted by atomic mass is 9.99. The Morgan fingerprint density at radius 2 is 1.70 bits per heavy atom. The van der Waals surface area contributed by atoms with Crippen molar-refractivity contribution in [1.29, 1.82) is 0 Å². The van der Waals surface area contributed by atoms with Gasteiger partial charge in [0.25, 0.3) is 11.6 Å². The molecule has 8 heteroatoms. The second kappa shape index (κ2) is 9.54. The maximum absolute atomic E-state index is 13.0. The van der Waals surface area contributed by atoms with Gasteiger partial charge in [0.15, 0.2) is 0 Å². The number of nitrogens with zero attached hydrogens (tertiary/aromatic N) is 2. The van der Waals surface area contributed by atoms with Gasteiger partial charge >= 0.3 is 0 Å². The molecule has 8 nitrogen and oxygen atoms in total. The molecule has 0 radical (unpaired) electrons. The summed E-state index contributed by atoms with van der Waals surface area (Å²) in [7, 11) is 4.05. The van der Waals surface area contributed by atoms with Crippen LogP contribution in [-0.4, -0.2) is 42.9 Å². The van der Waals surface area contributed by atoms with Gasteiger partial charge in [-0.15, -0.1) is 0 Å². The first-order chi connectivity index (χ1) is 15.9. The van der Waals surface area contributed by atoms with Crippen LogP contribution in [0.3, 0.4) is 0 Å². The number of nitro benzene ring substituents is 1. The Labute approximate surface area is 192 Å². The Morgan fingerprint density at radius 3 is 2.36 bits per heavy atom. The zero-order chi connectivity index (χ0) is 23.4. The maximum atomic E-state index is 13.0. The monoisotopic (exact) mass is 443 g/mol. The number of amides is 1. The predicted octanol–water partition coefficient (Wildman–Crippen LogP) is 4.50. The number of non-ortho nitro benzene ring substituents is 1. The molecule has 0 bridgehead atoms. The van der Waals surface area contributed by atoms with Gasteiger partial charge in [-0.25, -0.2) is 0 Å². The first-order valence-electron chi connectivity index (χ1n) is 10.6. The second-order valence-corrected chi connectivity index (χ2v) is 7.99. The van der Waals surface area contributed by atoms with Crippen LogP contribution in [0.2, 0.25) is 0 Å². The highest BCUT2D eigenvalue weighted by molar-refractivity contribution is 6.37. The van der Waals surface area contributed by atoms with Crippen LogP contribution in [0.1, 0.15) is 11.1 Å². The summed E-state index contributed by atoms with van der Waals surface area (Å²) in [6, 6.07) is 21.7. The number of nitro groups is 1. The number of rotatable bonds is 8. The molecule has 0 fully saturated rings. The van der Waals surface area contributed by atoms with Crippen LogP contribution < -0.4 is 16.0 Å². The van der Waals surface area contributed by atoms with Gasteiger partial charge in [-0.05, 0) is 50.0 Å². The molecule has 3 N–H and O–H groups in total. The minimum atomic E-state index is -0.460. The molecule has 0 aliphatic carbocycles. The number of nitrogens with one attached hydrogen (secondary N) is 3. The van der Waals surface area contributed by atoms with Crippen molar-refractivity contribution >= 4 is 39.9 Å². The molecular weight excluding hydrogens is 418 g/mol. The van der Waals surface area contributed by atoms with Gasteiger partial charge in [0, 0.05) is 47.8 Å². The Morgan fingerprint density at radius 1 is 1.00 bits per heavy atom. The summed E-state index contributed by atoms with van der Waals surface area (Å²) in [5.74, 6) is -0.307. The van der Waals surface area contributed by atoms with E-state index >= 15 is 0 Å². The molecule has 3 aromatic carbocycles. The molecule has 33 heavy (non-hydrogen) atoms. The molecule has 0 saturated heterocycles. The van der Waals surface area contributed by atoms with Crippen molar-refractivity contribution < 1.29 is 9.72 Å². The van der Waals surface area contributed by atoms with E-state index in [0.717, 1.165) is 30.0 Å². The summed E-state index contributed by atoms with van der Waals surface area (Å²) in [6.45, 7) is 1.75. The summed E-state index contributed by atoms with van der Waals surface area (Å²) in [5, 5.41) is 20.9. The third-order valence-corrected chi connectivity index (χ3v) is 5.31. The summed E-state index contributed by atoms with van der Waals surface area (Å²) in [5.41, 5.74) is 4.54. The van der Waals surface area contributed by atoms with Crippen LogP contribution in [0.5, 0.6) is 0 Å². The number of likely N-dealkylation sites (N-methyl/N-ethyl adjacent to an activating group) is 1. The van der Waals surface area contributed by atoms with E-state index < -0.39 is 4.92 Å². The Balaban J connectivity index is 1.71. The first-order valence-corrected chi connectivity index (χ1v) is 10.6. The van der Waals surface area contributed by atoms with Gasteiger partial charge in [-0.1, -0.05) is 30.3 Å². The van der Waals surface area contributed by atoms with E-state index in [9.17, 15) is 14.9 Å². The van der Waals surface area contributed by atoms with Gasteiger partial charge in [-0.3, -0.25) is 14.9 Å². The largest absolute Gasteiger partial charge is 0.384 e. The average molecular weight is 444 g/mol. The SMILES string of the molecule is CN(C)CCNc1ccc(N/C(=C2\C(=O)Nc3ccc([N+](=O)[O-])cc32)c2ccccc2)cc1. The fourth-order valence-corrected chi connectivity index (χ4v) is 3.64. The molecule has 0 aromatic heterocycles. The lowest BCUT2D eigenvalue weighted by Crippen LogP contribution is -2.20. The smallest absolute Gasteiger partial charge is 0.270 e. The van der Waals surface area contributed by atoms with E-state index in [0.29, 0.717) is 22.5 Å². The van der Waals surface area contributed by atoms with Crippen molar-refractivity contribution in [3.63, 3.8) is 0 Å². The Hall–Kier alpha value is -4.17. The zero-order valence-corrected chi connectivity index (χ0v) is 18.5. The maximum Gasteiger partial charge on any atom is 0.270 e. The summed E-state index contributed by atoms with van der Waals surface area (Å²) < 4.78 is 0. The van der Waals surface area contributed by atoms with Crippen molar-refractivity contribution in [2.75, 3.05) is 43.1 Å². The summed E-state index contributed by atoms with van der Waals surface area (Å²) in [4.78, 5) is 25.9. The highest BCUT2D eigenvalue weighted by Gasteiger charge is 2.30. The topological polar surface area (TPSA) is 99.5 Å². The van der Waals surface area contributed by atoms with Crippen LogP contribution in [-0.2, 0) is 4.79 Å². The second-order valence-electron chi connectivity index (χ2n) is 7.99. The molecule has 1 aliphatic heterocycles. The summed E-state index contributed by atoms with van der Waals surface area (Å²) >= 11 is 0. The van der Waals surface area contributed by atoms with Crippen LogP contribution in [0.4, 0.5) is 22.7 Å². The Bertz CT molecular complexity index is 1200. The van der Waals surface area contributed by atoms with Gasteiger partial charge in [0.2, 0.25) is 0 Å². The third kappa shape index (κ3) is 5.02. The number of anilines is 3. The highest BCUT2D eigenvalue weighted by Crippen LogP contribution is 2.39. The van der Waals surface area contributed by atoms with Crippen molar-refractivity contribution in [3.8, 4) is 0 Å². The quantitative estimate of drug-likeness (QED) is 0.269. The molecule has 1 amide bonds. The fraction of sp³-hybridized carbons (Fsp3) is 0.160. The van der Waals surface area contributed by atoms with Crippen LogP contribution in [0, 0.1) is 10.1 Å². The van der Waals surface area contributed by atoms with Crippen molar-refractivity contribution in [2.24, 2.45) is 0 Å². The minimum absolute atomic E-state index is 0.0664. The molecule has 1 aliphatic rings. The number of hydrogen-bond donors (Lipinski definition) is 3. The normalized spacial score (nSPS) is 14.0. The molecule has 0 saturated carbocycles. The molecular formula is C25H25N5O3. The molecule has 168 valence electrons. The molecule has 0 unspecified atom stereocenters. The lowest BCUT2D eigenvalue weighted by Gasteiger charge is -2.16. The highest BCUT2D eigenvalue weighted by atomic mass is 16.6. The van der Waals surface area contributed by atoms with Crippen LogP contribution in [0.15, 0.2) is 72.8 Å². The van der Waals surface area contributed by atoms with Gasteiger partial charge in [0.05, 0.1) is 16.2 Å². The first kappa shape index (κ1) is 22.0. The molecule has 3 aromatic rings. The van der Waals surface area contributed by atoms with Gasteiger partial charge < -0.3 is 20.9 Å². The standard InChI is InChI=1S/C25H25N5O3/c1-29(2)15-14-26-18-8-10-19(11-9-18)27-24(17-6-4-3-5-7-17)23-21-16-20(30(32)33)12-13-22(21)28-25(23)31/h3-13,16,26-27H,14-15H2,1-2H3,(H,28,31)/b24-23-. The number of benzene rings is 3. The van der Waals surface area contributed by atoms with E-state index in [1.807, 2.05) is 68.7 Å². The van der Waals surface area contributed by atoms with Crippen LogP contribution >= 0.6 is 0 Å².